The normalized spacial score (nSPS) is 16.7. The topological polar surface area (TPSA) is 39.4 Å². The Kier molecular flexibility index (Phi) is 5.48. The van der Waals surface area contributed by atoms with Gasteiger partial charge >= 0.3 is 6.92 Å². The summed E-state index contributed by atoms with van der Waals surface area (Å²) < 4.78 is 8.50. The van der Waals surface area contributed by atoms with Crippen molar-refractivity contribution >= 4 is 40.0 Å². The van der Waals surface area contributed by atoms with Gasteiger partial charge in [-0.05, 0) is 43.2 Å². The van der Waals surface area contributed by atoms with Gasteiger partial charge in [-0.25, -0.2) is 9.97 Å². The van der Waals surface area contributed by atoms with Crippen molar-refractivity contribution in [3.8, 4) is 11.3 Å². The van der Waals surface area contributed by atoms with Crippen LogP contribution in [0.2, 0.25) is 6.32 Å². The average Bonchev–Trinajstić information content (AvgIpc) is 3.33. The van der Waals surface area contributed by atoms with Crippen molar-refractivity contribution in [3.63, 3.8) is 0 Å². The number of hydrogen-bond acceptors (Lipinski definition) is 3. The van der Waals surface area contributed by atoms with Gasteiger partial charge in [-0.2, -0.15) is 0 Å². The standard InChI is InChI=1S/C27H26BN3O.C2H6/c1-26(2)17-28(32-27(26,3)4)19-14-12-18(13-15-19)23-20-9-5-6-10-21(20)24-25(30-23)31-16-8-7-11-22(31)29-24;1-2/h5-16H,17H2,1-4H3;1-2H3. The summed E-state index contributed by atoms with van der Waals surface area (Å²) in [4.78, 5) is 9.96. The molecule has 1 aliphatic rings. The number of benzene rings is 2. The van der Waals surface area contributed by atoms with Crippen LogP contribution in [0.1, 0.15) is 41.5 Å². The van der Waals surface area contributed by atoms with E-state index >= 15 is 0 Å². The summed E-state index contributed by atoms with van der Waals surface area (Å²) in [5, 5.41) is 2.25. The van der Waals surface area contributed by atoms with E-state index in [2.05, 4.69) is 80.6 Å². The fourth-order valence-corrected chi connectivity index (χ4v) is 4.86. The molecule has 5 heteroatoms. The molecule has 0 bridgehead atoms. The summed E-state index contributed by atoms with van der Waals surface area (Å²) in [5.41, 5.74) is 6.07. The first-order valence-corrected chi connectivity index (χ1v) is 12.3. The van der Waals surface area contributed by atoms with Crippen LogP contribution >= 0.6 is 0 Å². The van der Waals surface area contributed by atoms with Gasteiger partial charge in [-0.15, -0.1) is 0 Å². The largest absolute Gasteiger partial charge is 0.426 e. The van der Waals surface area contributed by atoms with Gasteiger partial charge in [-0.3, -0.25) is 4.40 Å². The molecule has 4 nitrogen and oxygen atoms in total. The van der Waals surface area contributed by atoms with Gasteiger partial charge in [0, 0.05) is 22.5 Å². The van der Waals surface area contributed by atoms with E-state index in [1.807, 2.05) is 38.2 Å². The highest BCUT2D eigenvalue weighted by Crippen LogP contribution is 2.45. The number of hydrogen-bond donors (Lipinski definition) is 0. The SMILES string of the molecule is CC.CC1(C)CB(c2ccc(-c3nc4c(nc5ccccn54)c4ccccc34)cc2)OC1(C)C. The van der Waals surface area contributed by atoms with Crippen molar-refractivity contribution in [1.82, 2.24) is 14.4 Å². The molecule has 0 spiro atoms. The summed E-state index contributed by atoms with van der Waals surface area (Å²) >= 11 is 0. The van der Waals surface area contributed by atoms with E-state index < -0.39 is 0 Å². The highest BCUT2D eigenvalue weighted by molar-refractivity contribution is 6.68. The van der Waals surface area contributed by atoms with Crippen molar-refractivity contribution in [2.24, 2.45) is 5.41 Å². The second-order valence-corrected chi connectivity index (χ2v) is 10.0. The minimum Gasteiger partial charge on any atom is -0.426 e. The van der Waals surface area contributed by atoms with E-state index in [1.54, 1.807) is 0 Å². The lowest BCUT2D eigenvalue weighted by Gasteiger charge is -2.34. The third kappa shape index (κ3) is 3.50. The molecule has 0 N–H and O–H groups in total. The fraction of sp³-hybridized carbons (Fsp3) is 0.310. The summed E-state index contributed by atoms with van der Waals surface area (Å²) in [6.07, 6.45) is 3.05. The Morgan fingerprint density at radius 1 is 0.824 bits per heavy atom. The molecule has 0 radical (unpaired) electrons. The second kappa shape index (κ2) is 8.24. The minimum absolute atomic E-state index is 0.125. The Hall–Kier alpha value is -3.18. The molecule has 34 heavy (non-hydrogen) atoms. The van der Waals surface area contributed by atoms with E-state index in [4.69, 9.17) is 14.6 Å². The lowest BCUT2D eigenvalue weighted by molar-refractivity contribution is 0.0375. The van der Waals surface area contributed by atoms with E-state index in [0.29, 0.717) is 0 Å². The number of fused-ring (bicyclic) bond motifs is 5. The molecular formula is C29H32BN3O. The van der Waals surface area contributed by atoms with Crippen LogP contribution in [0.5, 0.6) is 0 Å². The molecule has 0 amide bonds. The Bertz CT molecular complexity index is 1470. The number of pyridine rings is 2. The number of nitrogens with zero attached hydrogens (tertiary/aromatic N) is 3. The van der Waals surface area contributed by atoms with Crippen LogP contribution < -0.4 is 5.46 Å². The molecule has 0 unspecified atom stereocenters. The van der Waals surface area contributed by atoms with Gasteiger partial charge in [0.15, 0.2) is 5.65 Å². The van der Waals surface area contributed by atoms with Gasteiger partial charge in [0.2, 0.25) is 0 Å². The van der Waals surface area contributed by atoms with E-state index in [9.17, 15) is 0 Å². The van der Waals surface area contributed by atoms with Gasteiger partial charge in [0.1, 0.15) is 11.2 Å². The maximum atomic E-state index is 6.43. The molecule has 6 rings (SSSR count). The molecule has 1 saturated heterocycles. The average molecular weight is 449 g/mol. The Labute approximate surface area is 202 Å². The fourth-order valence-electron chi connectivity index (χ4n) is 4.86. The van der Waals surface area contributed by atoms with E-state index in [-0.39, 0.29) is 17.9 Å². The summed E-state index contributed by atoms with van der Waals surface area (Å²) in [5.74, 6) is 0. The summed E-state index contributed by atoms with van der Waals surface area (Å²) in [7, 11) is 0. The highest BCUT2D eigenvalue weighted by Gasteiger charge is 2.49. The Morgan fingerprint density at radius 3 is 2.18 bits per heavy atom. The third-order valence-corrected chi connectivity index (χ3v) is 7.48. The number of imidazole rings is 1. The molecule has 0 aliphatic carbocycles. The predicted octanol–water partition coefficient (Wildman–Crippen LogP) is 6.76. The van der Waals surface area contributed by atoms with Crippen LogP contribution in [0.15, 0.2) is 72.9 Å². The monoisotopic (exact) mass is 449 g/mol. The molecule has 172 valence electrons. The van der Waals surface area contributed by atoms with E-state index in [0.717, 1.165) is 45.2 Å². The smallest absolute Gasteiger partial charge is 0.327 e. The van der Waals surface area contributed by atoms with Crippen LogP contribution in [0.3, 0.4) is 0 Å². The van der Waals surface area contributed by atoms with E-state index in [1.165, 1.54) is 5.46 Å². The first-order valence-electron chi connectivity index (χ1n) is 12.3. The van der Waals surface area contributed by atoms with Crippen LogP contribution in [0, 0.1) is 5.41 Å². The second-order valence-electron chi connectivity index (χ2n) is 10.0. The van der Waals surface area contributed by atoms with Crippen LogP contribution in [-0.2, 0) is 4.65 Å². The summed E-state index contributed by atoms with van der Waals surface area (Å²) in [6, 6.07) is 23.2. The van der Waals surface area contributed by atoms with Crippen LogP contribution in [0.4, 0.5) is 0 Å². The zero-order valence-corrected chi connectivity index (χ0v) is 21.0. The molecule has 1 fully saturated rings. The summed E-state index contributed by atoms with van der Waals surface area (Å²) in [6.45, 7) is 13.1. The molecular weight excluding hydrogens is 417 g/mol. The van der Waals surface area contributed by atoms with Crippen molar-refractivity contribution in [2.45, 2.75) is 53.5 Å². The highest BCUT2D eigenvalue weighted by atomic mass is 16.5. The maximum Gasteiger partial charge on any atom is 0.327 e. The predicted molar refractivity (Wildman–Crippen MR) is 144 cm³/mol. The van der Waals surface area contributed by atoms with Crippen molar-refractivity contribution in [1.29, 1.82) is 0 Å². The Balaban J connectivity index is 0.00000117. The zero-order chi connectivity index (χ0) is 24.1. The first-order chi connectivity index (χ1) is 16.3. The van der Waals surface area contributed by atoms with Gasteiger partial charge in [0.05, 0.1) is 11.3 Å². The van der Waals surface area contributed by atoms with Crippen LogP contribution in [0.25, 0.3) is 38.8 Å². The third-order valence-electron chi connectivity index (χ3n) is 7.48. The zero-order valence-electron chi connectivity index (χ0n) is 21.0. The van der Waals surface area contributed by atoms with Gasteiger partial charge < -0.3 is 4.65 Å². The molecule has 5 aromatic rings. The molecule has 1 aliphatic heterocycles. The van der Waals surface area contributed by atoms with Crippen molar-refractivity contribution < 1.29 is 4.65 Å². The molecule has 0 saturated carbocycles. The number of rotatable bonds is 2. The maximum absolute atomic E-state index is 6.43. The molecule has 2 aromatic carbocycles. The first kappa shape index (κ1) is 22.6. The molecule has 3 aromatic heterocycles. The molecule has 4 heterocycles. The quantitative estimate of drug-likeness (QED) is 0.280. The Morgan fingerprint density at radius 2 is 1.50 bits per heavy atom. The van der Waals surface area contributed by atoms with Gasteiger partial charge in [-0.1, -0.05) is 82.3 Å². The van der Waals surface area contributed by atoms with Gasteiger partial charge in [0.25, 0.3) is 0 Å². The number of aromatic nitrogens is 3. The lowest BCUT2D eigenvalue weighted by atomic mass is 9.54. The minimum atomic E-state index is -0.137. The molecule has 0 atom stereocenters. The van der Waals surface area contributed by atoms with Crippen molar-refractivity contribution in [3.05, 3.63) is 72.9 Å². The lowest BCUT2D eigenvalue weighted by Crippen LogP contribution is -2.36. The van der Waals surface area contributed by atoms with Crippen molar-refractivity contribution in [2.75, 3.05) is 0 Å². The van der Waals surface area contributed by atoms with Crippen LogP contribution in [-0.4, -0.2) is 26.9 Å².